The van der Waals surface area contributed by atoms with E-state index in [0.717, 1.165) is 34.2 Å². The van der Waals surface area contributed by atoms with Crippen LogP contribution >= 0.6 is 11.8 Å². The number of benzene rings is 3. The molecule has 0 unspecified atom stereocenters. The van der Waals surface area contributed by atoms with Crippen molar-refractivity contribution in [3.05, 3.63) is 100.0 Å². The molecule has 7 heteroatoms. The minimum absolute atomic E-state index is 0.169. The van der Waals surface area contributed by atoms with Gasteiger partial charge >= 0.3 is 5.97 Å². The number of hydrogen-bond acceptors (Lipinski definition) is 6. The number of hydrogen-bond donors (Lipinski definition) is 0. The highest BCUT2D eigenvalue weighted by atomic mass is 32.2. The molecule has 3 aromatic carbocycles. The Morgan fingerprint density at radius 1 is 1.00 bits per heavy atom. The van der Waals surface area contributed by atoms with Crippen LogP contribution in [0.4, 0.5) is 4.79 Å². The molecule has 36 heavy (non-hydrogen) atoms. The highest BCUT2D eigenvalue weighted by Crippen LogP contribution is 2.33. The van der Waals surface area contributed by atoms with Gasteiger partial charge < -0.3 is 9.47 Å². The molecule has 1 aliphatic rings. The predicted octanol–water partition coefficient (Wildman–Crippen LogP) is 6.45. The normalized spacial score (nSPS) is 14.6. The van der Waals surface area contributed by atoms with E-state index in [2.05, 4.69) is 13.8 Å². The molecule has 0 spiro atoms. The number of rotatable bonds is 8. The maximum absolute atomic E-state index is 12.9. The van der Waals surface area contributed by atoms with Crippen LogP contribution in [0.2, 0.25) is 0 Å². The Labute approximate surface area is 214 Å². The van der Waals surface area contributed by atoms with Crippen LogP contribution in [0.25, 0.3) is 6.08 Å². The van der Waals surface area contributed by atoms with Gasteiger partial charge in [0, 0.05) is 0 Å². The fourth-order valence-electron chi connectivity index (χ4n) is 3.71. The summed E-state index contributed by atoms with van der Waals surface area (Å²) in [6, 6.07) is 21.6. The largest absolute Gasteiger partial charge is 0.491 e. The van der Waals surface area contributed by atoms with Crippen LogP contribution < -0.4 is 9.47 Å². The van der Waals surface area contributed by atoms with E-state index in [4.69, 9.17) is 9.47 Å². The zero-order valence-corrected chi connectivity index (χ0v) is 21.2. The molecular formula is C29H27NO5S. The Morgan fingerprint density at radius 2 is 1.72 bits per heavy atom. The maximum Gasteiger partial charge on any atom is 0.343 e. The lowest BCUT2D eigenvalue weighted by Gasteiger charge is -2.17. The van der Waals surface area contributed by atoms with Crippen LogP contribution in [0.15, 0.2) is 77.7 Å². The van der Waals surface area contributed by atoms with Gasteiger partial charge in [-0.3, -0.25) is 14.5 Å². The van der Waals surface area contributed by atoms with E-state index < -0.39 is 5.97 Å². The summed E-state index contributed by atoms with van der Waals surface area (Å²) in [6.07, 6.45) is 1.66. The van der Waals surface area contributed by atoms with Crippen LogP contribution in [0.1, 0.15) is 46.8 Å². The molecule has 0 aromatic heterocycles. The average molecular weight is 502 g/mol. The van der Waals surface area contributed by atoms with Gasteiger partial charge in [0.1, 0.15) is 18.1 Å². The van der Waals surface area contributed by atoms with Crippen LogP contribution in [0.5, 0.6) is 11.5 Å². The molecule has 2 amide bonds. The second-order valence-electron chi connectivity index (χ2n) is 8.70. The van der Waals surface area contributed by atoms with Crippen molar-refractivity contribution in [2.75, 3.05) is 13.2 Å². The van der Waals surface area contributed by atoms with Crippen molar-refractivity contribution in [1.82, 2.24) is 4.90 Å². The predicted molar refractivity (Wildman–Crippen MR) is 141 cm³/mol. The molecule has 0 atom stereocenters. The van der Waals surface area contributed by atoms with Crippen LogP contribution in [0.3, 0.4) is 0 Å². The van der Waals surface area contributed by atoms with Gasteiger partial charge in [-0.15, -0.1) is 0 Å². The second kappa shape index (κ2) is 11.3. The molecular weight excluding hydrogens is 474 g/mol. The lowest BCUT2D eigenvalue weighted by molar-refractivity contribution is -0.123. The quantitative estimate of drug-likeness (QED) is 0.201. The number of esters is 1. The summed E-state index contributed by atoms with van der Waals surface area (Å²) in [5.74, 6) is 0.678. The molecule has 0 aliphatic carbocycles. The first-order valence-corrected chi connectivity index (χ1v) is 12.5. The fourth-order valence-corrected chi connectivity index (χ4v) is 4.57. The first-order valence-electron chi connectivity index (χ1n) is 11.7. The SMILES string of the molecule is Cc1ccc(C(C)C)c(OCCN2C(=O)S/C(=C\c3ccc(OC(=O)c4ccccc4)cc3)C2=O)c1. The highest BCUT2D eigenvalue weighted by molar-refractivity contribution is 8.18. The second-order valence-corrected chi connectivity index (χ2v) is 9.70. The van der Waals surface area contributed by atoms with Crippen molar-refractivity contribution in [2.45, 2.75) is 26.7 Å². The number of carbonyl (C=O) groups excluding carboxylic acids is 3. The number of aryl methyl sites for hydroxylation is 1. The molecule has 3 aromatic rings. The minimum Gasteiger partial charge on any atom is -0.491 e. The first kappa shape index (κ1) is 25.3. The lowest BCUT2D eigenvalue weighted by Crippen LogP contribution is -2.32. The summed E-state index contributed by atoms with van der Waals surface area (Å²) in [5, 5.41) is -0.323. The monoisotopic (exact) mass is 501 g/mol. The number of amides is 2. The van der Waals surface area contributed by atoms with E-state index in [1.165, 1.54) is 4.90 Å². The third-order valence-electron chi connectivity index (χ3n) is 5.64. The molecule has 1 aliphatic heterocycles. The Balaban J connectivity index is 1.36. The number of imide groups is 1. The zero-order valence-electron chi connectivity index (χ0n) is 20.4. The van der Waals surface area contributed by atoms with Crippen molar-refractivity contribution in [3.63, 3.8) is 0 Å². The molecule has 0 bridgehead atoms. The maximum atomic E-state index is 12.9. The van der Waals surface area contributed by atoms with E-state index in [9.17, 15) is 14.4 Å². The number of ether oxygens (including phenoxy) is 2. The number of carbonyl (C=O) groups is 3. The van der Waals surface area contributed by atoms with Crippen LogP contribution in [-0.4, -0.2) is 35.2 Å². The summed E-state index contributed by atoms with van der Waals surface area (Å²) < 4.78 is 11.3. The van der Waals surface area contributed by atoms with E-state index in [0.29, 0.717) is 22.1 Å². The molecule has 0 saturated carbocycles. The Bertz CT molecular complexity index is 1300. The summed E-state index contributed by atoms with van der Waals surface area (Å²) in [5.41, 5.74) is 3.36. The molecule has 1 heterocycles. The van der Waals surface area contributed by atoms with Crippen molar-refractivity contribution in [3.8, 4) is 11.5 Å². The Hall–Kier alpha value is -3.84. The highest BCUT2D eigenvalue weighted by Gasteiger charge is 2.34. The van der Waals surface area contributed by atoms with E-state index >= 15 is 0 Å². The van der Waals surface area contributed by atoms with E-state index in [1.54, 1.807) is 54.6 Å². The molecule has 184 valence electrons. The third kappa shape index (κ3) is 6.04. The van der Waals surface area contributed by atoms with Crippen molar-refractivity contribution < 1.29 is 23.9 Å². The van der Waals surface area contributed by atoms with Crippen molar-refractivity contribution in [2.24, 2.45) is 0 Å². The smallest absolute Gasteiger partial charge is 0.343 e. The topological polar surface area (TPSA) is 72.9 Å². The van der Waals surface area contributed by atoms with Gasteiger partial charge in [0.25, 0.3) is 11.1 Å². The van der Waals surface area contributed by atoms with Gasteiger partial charge in [-0.1, -0.05) is 56.3 Å². The van der Waals surface area contributed by atoms with Gasteiger partial charge in [0.2, 0.25) is 0 Å². The average Bonchev–Trinajstić information content (AvgIpc) is 3.13. The number of thioether (sulfide) groups is 1. The van der Waals surface area contributed by atoms with Crippen LogP contribution in [-0.2, 0) is 4.79 Å². The van der Waals surface area contributed by atoms with Gasteiger partial charge in [-0.2, -0.15) is 0 Å². The van der Waals surface area contributed by atoms with Crippen LogP contribution in [0, 0.1) is 6.92 Å². The standard InChI is InChI=1S/C29H27NO5S/c1-19(2)24-14-9-20(3)17-25(24)34-16-15-30-27(31)26(36-29(30)33)18-21-10-12-23(13-11-21)35-28(32)22-7-5-4-6-8-22/h4-14,17-19H,15-16H2,1-3H3/b26-18-. The zero-order chi connectivity index (χ0) is 25.7. The summed E-state index contributed by atoms with van der Waals surface area (Å²) in [7, 11) is 0. The van der Waals surface area contributed by atoms with Crippen molar-refractivity contribution in [1.29, 1.82) is 0 Å². The Morgan fingerprint density at radius 3 is 2.42 bits per heavy atom. The third-order valence-corrected chi connectivity index (χ3v) is 6.54. The molecule has 0 N–H and O–H groups in total. The van der Waals surface area contributed by atoms with E-state index in [-0.39, 0.29) is 24.3 Å². The van der Waals surface area contributed by atoms with Gasteiger partial charge in [-0.05, 0) is 77.7 Å². The van der Waals surface area contributed by atoms with Gasteiger partial charge in [0.15, 0.2) is 0 Å². The lowest BCUT2D eigenvalue weighted by atomic mass is 10.0. The Kier molecular flexibility index (Phi) is 7.90. The summed E-state index contributed by atoms with van der Waals surface area (Å²) in [4.78, 5) is 39.1. The summed E-state index contributed by atoms with van der Waals surface area (Å²) >= 11 is 0.903. The van der Waals surface area contributed by atoms with Gasteiger partial charge in [0.05, 0.1) is 17.0 Å². The van der Waals surface area contributed by atoms with Crippen molar-refractivity contribution >= 4 is 35.0 Å². The number of nitrogens with zero attached hydrogens (tertiary/aromatic N) is 1. The minimum atomic E-state index is -0.446. The molecule has 0 radical (unpaired) electrons. The summed E-state index contributed by atoms with van der Waals surface area (Å²) in [6.45, 7) is 6.58. The molecule has 6 nitrogen and oxygen atoms in total. The first-order chi connectivity index (χ1) is 17.3. The fraction of sp³-hybridized carbons (Fsp3) is 0.207. The molecule has 4 rings (SSSR count). The molecule has 1 saturated heterocycles. The van der Waals surface area contributed by atoms with E-state index in [1.807, 2.05) is 31.2 Å². The van der Waals surface area contributed by atoms with Gasteiger partial charge in [-0.25, -0.2) is 4.79 Å². The molecule has 1 fully saturated rings.